The van der Waals surface area contributed by atoms with Crippen molar-refractivity contribution in [1.29, 1.82) is 0 Å². The summed E-state index contributed by atoms with van der Waals surface area (Å²) < 4.78 is 52.9. The number of benzene rings is 1. The molecule has 0 aromatic heterocycles. The van der Waals surface area contributed by atoms with E-state index in [0.29, 0.717) is 9.99 Å². The third kappa shape index (κ3) is 2.96. The van der Waals surface area contributed by atoms with Crippen LogP contribution in [0.25, 0.3) is 0 Å². The van der Waals surface area contributed by atoms with E-state index in [-0.39, 0.29) is 5.56 Å². The average molecular weight is 345 g/mol. The van der Waals surface area contributed by atoms with Crippen LogP contribution in [0.5, 0.6) is 0 Å². The number of aryl methyl sites for hydroxylation is 1. The van der Waals surface area contributed by atoms with E-state index in [1.54, 1.807) is 11.0 Å². The van der Waals surface area contributed by atoms with Crippen molar-refractivity contribution in [3.8, 4) is 0 Å². The first-order valence-corrected chi connectivity index (χ1v) is 7.19. The van der Waals surface area contributed by atoms with Gasteiger partial charge in [-0.15, -0.1) is 0 Å². The first kappa shape index (κ1) is 13.5. The van der Waals surface area contributed by atoms with Crippen LogP contribution in [-0.4, -0.2) is 0 Å². The molecule has 0 aliphatic heterocycles. The minimum absolute atomic E-state index is 0.169. The van der Waals surface area contributed by atoms with Crippen LogP contribution in [0.3, 0.4) is 0 Å². The first-order valence-electron chi connectivity index (χ1n) is 4.41. The standard InChI is InChI=1S/C11H10F4I/c1-3-16-6-8-7(2)4-5-9(10(8)12)11(13,14)15/h3-5H,1,6H2,2H3/q-1. The Morgan fingerprint density at radius 1 is 1.38 bits per heavy atom. The molecule has 0 fully saturated rings. The van der Waals surface area contributed by atoms with Gasteiger partial charge in [-0.2, -0.15) is 0 Å². The maximum absolute atomic E-state index is 13.6. The predicted octanol–water partition coefficient (Wildman–Crippen LogP) is 0.885. The maximum atomic E-state index is 13.6. The molecule has 1 rings (SSSR count). The topological polar surface area (TPSA) is 0 Å². The number of halogens is 5. The first-order chi connectivity index (χ1) is 7.38. The molecule has 1 aromatic carbocycles. The van der Waals surface area contributed by atoms with E-state index >= 15 is 0 Å². The summed E-state index contributed by atoms with van der Waals surface area (Å²) in [6, 6.07) is 2.11. The summed E-state index contributed by atoms with van der Waals surface area (Å²) in [5.74, 6) is -1.13. The summed E-state index contributed by atoms with van der Waals surface area (Å²) >= 11 is -0.477. The molecule has 0 bridgehead atoms. The van der Waals surface area contributed by atoms with E-state index in [2.05, 4.69) is 6.58 Å². The van der Waals surface area contributed by atoms with Crippen molar-refractivity contribution in [1.82, 2.24) is 0 Å². The van der Waals surface area contributed by atoms with Gasteiger partial charge >= 0.3 is 102 Å². The second-order valence-electron chi connectivity index (χ2n) is 3.16. The van der Waals surface area contributed by atoms with Crippen molar-refractivity contribution >= 4 is 0 Å². The summed E-state index contributed by atoms with van der Waals surface area (Å²) in [6.07, 6.45) is -4.63. The van der Waals surface area contributed by atoms with Gasteiger partial charge in [-0.25, -0.2) is 0 Å². The summed E-state index contributed by atoms with van der Waals surface area (Å²) in [7, 11) is 0. The van der Waals surface area contributed by atoms with Gasteiger partial charge in [0.15, 0.2) is 0 Å². The molecule has 16 heavy (non-hydrogen) atoms. The van der Waals surface area contributed by atoms with Crippen LogP contribution < -0.4 is 21.2 Å². The van der Waals surface area contributed by atoms with Crippen molar-refractivity contribution in [2.45, 2.75) is 17.5 Å². The molecule has 0 unspecified atom stereocenters. The molecular formula is C11H10F4I-. The molecule has 0 aliphatic rings. The van der Waals surface area contributed by atoms with Gasteiger partial charge in [-0.3, -0.25) is 0 Å². The van der Waals surface area contributed by atoms with Gasteiger partial charge < -0.3 is 0 Å². The van der Waals surface area contributed by atoms with Crippen LogP contribution in [0.2, 0.25) is 0 Å². The van der Waals surface area contributed by atoms with Crippen molar-refractivity contribution in [2.24, 2.45) is 0 Å². The Bertz CT molecular complexity index is 396. The van der Waals surface area contributed by atoms with E-state index in [1.807, 2.05) is 0 Å². The Morgan fingerprint density at radius 2 is 2.00 bits per heavy atom. The van der Waals surface area contributed by atoms with Gasteiger partial charge in [-0.05, 0) is 0 Å². The molecule has 0 nitrogen and oxygen atoms in total. The van der Waals surface area contributed by atoms with E-state index < -0.39 is 38.8 Å². The molecule has 0 spiro atoms. The fourth-order valence-corrected chi connectivity index (χ4v) is 2.92. The zero-order valence-corrected chi connectivity index (χ0v) is 10.7. The fraction of sp³-hybridized carbons (Fsp3) is 0.273. The minimum atomic E-state index is -4.63. The summed E-state index contributed by atoms with van der Waals surface area (Å²) in [4.78, 5) is 0. The van der Waals surface area contributed by atoms with E-state index in [1.165, 1.54) is 6.07 Å². The normalized spacial score (nSPS) is 11.8. The average Bonchev–Trinajstić information content (AvgIpc) is 2.15. The zero-order chi connectivity index (χ0) is 12.3. The Hall–Kier alpha value is -0.590. The third-order valence-corrected chi connectivity index (χ3v) is 3.93. The molecule has 0 saturated carbocycles. The number of hydrogen-bond acceptors (Lipinski definition) is 0. The molecule has 0 radical (unpaired) electrons. The molecule has 0 atom stereocenters. The van der Waals surface area contributed by atoms with Gasteiger partial charge in [0.05, 0.1) is 0 Å². The van der Waals surface area contributed by atoms with Crippen LogP contribution in [0.15, 0.2) is 22.8 Å². The number of alkyl halides is 4. The Labute approximate surface area is 102 Å². The number of rotatable bonds is 3. The van der Waals surface area contributed by atoms with E-state index in [0.717, 1.165) is 6.07 Å². The van der Waals surface area contributed by atoms with Crippen LogP contribution in [0.4, 0.5) is 17.6 Å². The van der Waals surface area contributed by atoms with Crippen molar-refractivity contribution in [3.63, 3.8) is 0 Å². The molecule has 1 aromatic rings. The molecule has 0 heterocycles. The predicted molar refractivity (Wildman–Crippen MR) is 50.0 cm³/mol. The number of hydrogen-bond donors (Lipinski definition) is 0. The van der Waals surface area contributed by atoms with Crippen LogP contribution >= 0.6 is 0 Å². The Balaban J connectivity index is 3.21. The van der Waals surface area contributed by atoms with Crippen molar-refractivity contribution in [3.05, 3.63) is 45.3 Å². The molecule has 0 amide bonds. The molecule has 5 heteroatoms. The second kappa shape index (κ2) is 5.16. The van der Waals surface area contributed by atoms with E-state index in [9.17, 15) is 17.6 Å². The monoisotopic (exact) mass is 345 g/mol. The van der Waals surface area contributed by atoms with Gasteiger partial charge in [0.1, 0.15) is 0 Å². The van der Waals surface area contributed by atoms with Crippen LogP contribution in [0.1, 0.15) is 16.7 Å². The molecule has 0 saturated heterocycles. The SMILES string of the molecule is C=C[I-]Cc1c(C)ccc(C(F)(F)F)c1F. The van der Waals surface area contributed by atoms with Gasteiger partial charge in [-0.1, -0.05) is 0 Å². The van der Waals surface area contributed by atoms with Gasteiger partial charge in [0, 0.05) is 0 Å². The van der Waals surface area contributed by atoms with Crippen LogP contribution in [0, 0.1) is 12.7 Å². The fourth-order valence-electron chi connectivity index (χ4n) is 1.23. The summed E-state index contributed by atoms with van der Waals surface area (Å²) in [5.41, 5.74) is -0.448. The second-order valence-corrected chi connectivity index (χ2v) is 5.69. The van der Waals surface area contributed by atoms with Crippen LogP contribution in [-0.2, 0) is 10.6 Å². The Morgan fingerprint density at radius 3 is 2.50 bits per heavy atom. The summed E-state index contributed by atoms with van der Waals surface area (Å²) in [5, 5.41) is 0. The molecule has 0 aliphatic carbocycles. The van der Waals surface area contributed by atoms with Gasteiger partial charge in [0.25, 0.3) is 0 Å². The molecular weight excluding hydrogens is 335 g/mol. The summed E-state index contributed by atoms with van der Waals surface area (Å²) in [6.45, 7) is 5.13. The van der Waals surface area contributed by atoms with Crippen molar-refractivity contribution < 1.29 is 38.8 Å². The molecule has 90 valence electrons. The van der Waals surface area contributed by atoms with Gasteiger partial charge in [0.2, 0.25) is 0 Å². The van der Waals surface area contributed by atoms with E-state index in [4.69, 9.17) is 0 Å². The third-order valence-electron chi connectivity index (χ3n) is 2.10. The van der Waals surface area contributed by atoms with Crippen molar-refractivity contribution in [2.75, 3.05) is 0 Å². The zero-order valence-electron chi connectivity index (χ0n) is 8.54. The quantitative estimate of drug-likeness (QED) is 0.434. The Kier molecular flexibility index (Phi) is 4.35. The molecule has 0 N–H and O–H groups in total.